The van der Waals surface area contributed by atoms with E-state index in [0.717, 1.165) is 17.7 Å². The second-order valence-electron chi connectivity index (χ2n) is 5.82. The first-order valence-corrected chi connectivity index (χ1v) is 7.83. The highest BCUT2D eigenvalue weighted by atomic mass is 16.5. The van der Waals surface area contributed by atoms with E-state index >= 15 is 0 Å². The average Bonchev–Trinajstić information content (AvgIpc) is 2.50. The van der Waals surface area contributed by atoms with E-state index in [0.29, 0.717) is 18.9 Å². The Bertz CT molecular complexity index is 517. The number of hydrogen-bond donors (Lipinski definition) is 3. The van der Waals surface area contributed by atoms with Crippen molar-refractivity contribution in [2.24, 2.45) is 5.92 Å². The number of para-hydroxylation sites is 1. The molecule has 0 saturated heterocycles. The fraction of sp³-hybridized carbons (Fsp3) is 0.529. The maximum Gasteiger partial charge on any atom is 0.315 e. The summed E-state index contributed by atoms with van der Waals surface area (Å²) in [5.74, 6) is 0.278. The van der Waals surface area contributed by atoms with Gasteiger partial charge < -0.3 is 20.5 Å². The monoisotopic (exact) mass is 322 g/mol. The van der Waals surface area contributed by atoms with E-state index in [2.05, 4.69) is 24.5 Å². The minimum absolute atomic E-state index is 0.0439. The molecule has 0 aliphatic heterocycles. The highest BCUT2D eigenvalue weighted by Gasteiger charge is 2.19. The number of aliphatic carboxylic acids is 1. The summed E-state index contributed by atoms with van der Waals surface area (Å²) in [6.07, 6.45) is 1.23. The van der Waals surface area contributed by atoms with Crippen molar-refractivity contribution in [2.45, 2.75) is 39.2 Å². The number of hydrogen-bond acceptors (Lipinski definition) is 3. The molecule has 1 atom stereocenters. The van der Waals surface area contributed by atoms with Crippen LogP contribution in [0.15, 0.2) is 24.3 Å². The van der Waals surface area contributed by atoms with Crippen molar-refractivity contribution in [1.82, 2.24) is 10.6 Å². The van der Waals surface area contributed by atoms with E-state index in [-0.39, 0.29) is 18.5 Å². The second kappa shape index (κ2) is 9.71. The van der Waals surface area contributed by atoms with Crippen molar-refractivity contribution in [3.63, 3.8) is 0 Å². The zero-order valence-corrected chi connectivity index (χ0v) is 14.0. The van der Waals surface area contributed by atoms with Crippen LogP contribution in [0.4, 0.5) is 4.79 Å². The van der Waals surface area contributed by atoms with Gasteiger partial charge >= 0.3 is 12.0 Å². The van der Waals surface area contributed by atoms with E-state index in [1.807, 2.05) is 24.3 Å². The lowest BCUT2D eigenvalue weighted by molar-refractivity contribution is -0.137. The normalized spacial score (nSPS) is 11.8. The molecule has 0 spiro atoms. The summed E-state index contributed by atoms with van der Waals surface area (Å²) >= 11 is 0. The largest absolute Gasteiger partial charge is 0.496 e. The third-order valence-electron chi connectivity index (χ3n) is 3.38. The molecule has 6 nitrogen and oxygen atoms in total. The van der Waals surface area contributed by atoms with Gasteiger partial charge in [0.15, 0.2) is 0 Å². The number of rotatable bonds is 9. The maximum atomic E-state index is 12.0. The molecule has 6 heteroatoms. The SMILES string of the molecule is COc1ccccc1C(CC(C)C)NC(=O)NCCCC(=O)O. The number of amides is 2. The molecule has 2 amide bonds. The zero-order valence-electron chi connectivity index (χ0n) is 14.0. The van der Waals surface area contributed by atoms with Gasteiger partial charge in [-0.1, -0.05) is 32.0 Å². The Labute approximate surface area is 137 Å². The summed E-state index contributed by atoms with van der Waals surface area (Å²) in [6, 6.07) is 7.15. The number of carbonyl (C=O) groups is 2. The molecule has 1 unspecified atom stereocenters. The molecule has 0 fully saturated rings. The Morgan fingerprint density at radius 1 is 1.26 bits per heavy atom. The minimum atomic E-state index is -0.862. The molecule has 23 heavy (non-hydrogen) atoms. The number of nitrogens with one attached hydrogen (secondary N) is 2. The van der Waals surface area contributed by atoms with E-state index in [9.17, 15) is 9.59 Å². The Morgan fingerprint density at radius 2 is 1.96 bits per heavy atom. The fourth-order valence-corrected chi connectivity index (χ4v) is 2.34. The second-order valence-corrected chi connectivity index (χ2v) is 5.82. The van der Waals surface area contributed by atoms with Gasteiger partial charge in [-0.15, -0.1) is 0 Å². The third-order valence-corrected chi connectivity index (χ3v) is 3.38. The van der Waals surface area contributed by atoms with Crippen molar-refractivity contribution in [3.05, 3.63) is 29.8 Å². The summed E-state index contributed by atoms with van der Waals surface area (Å²) in [7, 11) is 1.61. The first-order valence-electron chi connectivity index (χ1n) is 7.83. The topological polar surface area (TPSA) is 87.7 Å². The van der Waals surface area contributed by atoms with Crippen LogP contribution >= 0.6 is 0 Å². The maximum absolute atomic E-state index is 12.0. The summed E-state index contributed by atoms with van der Waals surface area (Å²) < 4.78 is 5.38. The fourth-order valence-electron chi connectivity index (χ4n) is 2.34. The Kier molecular flexibility index (Phi) is 7.94. The zero-order chi connectivity index (χ0) is 17.2. The minimum Gasteiger partial charge on any atom is -0.496 e. The molecule has 1 rings (SSSR count). The molecule has 0 saturated carbocycles. The van der Waals surface area contributed by atoms with Gasteiger partial charge in [-0.3, -0.25) is 4.79 Å². The van der Waals surface area contributed by atoms with Gasteiger partial charge in [0.1, 0.15) is 5.75 Å². The van der Waals surface area contributed by atoms with Gasteiger partial charge in [0, 0.05) is 18.5 Å². The van der Waals surface area contributed by atoms with E-state index in [1.54, 1.807) is 7.11 Å². The van der Waals surface area contributed by atoms with Crippen LogP contribution in [0.25, 0.3) is 0 Å². The number of methoxy groups -OCH3 is 1. The summed E-state index contributed by atoms with van der Waals surface area (Å²) in [4.78, 5) is 22.5. The lowest BCUT2D eigenvalue weighted by atomic mass is 9.96. The Balaban J connectivity index is 2.67. The average molecular weight is 322 g/mol. The molecule has 3 N–H and O–H groups in total. The van der Waals surface area contributed by atoms with Crippen molar-refractivity contribution in [1.29, 1.82) is 0 Å². The van der Waals surface area contributed by atoms with Crippen molar-refractivity contribution in [3.8, 4) is 5.75 Å². The van der Waals surface area contributed by atoms with Gasteiger partial charge in [-0.2, -0.15) is 0 Å². The number of ether oxygens (including phenoxy) is 1. The van der Waals surface area contributed by atoms with Crippen LogP contribution in [0, 0.1) is 5.92 Å². The van der Waals surface area contributed by atoms with Crippen molar-refractivity contribution in [2.75, 3.05) is 13.7 Å². The first-order chi connectivity index (χ1) is 10.9. The summed E-state index contributed by atoms with van der Waals surface area (Å²) in [5.41, 5.74) is 0.935. The first kappa shape index (κ1) is 18.8. The van der Waals surface area contributed by atoms with Crippen LogP contribution in [0.3, 0.4) is 0 Å². The third kappa shape index (κ3) is 7.04. The predicted octanol–water partition coefficient (Wildman–Crippen LogP) is 2.95. The van der Waals surface area contributed by atoms with E-state index in [4.69, 9.17) is 9.84 Å². The van der Waals surface area contributed by atoms with Gasteiger partial charge in [0.2, 0.25) is 0 Å². The number of urea groups is 1. The molecule has 0 aromatic heterocycles. The lowest BCUT2D eigenvalue weighted by Crippen LogP contribution is -2.39. The standard InChI is InChI=1S/C17H26N2O4/c1-12(2)11-14(13-7-4-5-8-15(13)23-3)19-17(22)18-10-6-9-16(20)21/h4-5,7-8,12,14H,6,9-11H2,1-3H3,(H,20,21)(H2,18,19,22). The molecule has 0 radical (unpaired) electrons. The van der Waals surface area contributed by atoms with Gasteiger partial charge in [-0.25, -0.2) is 4.79 Å². The summed E-state index contributed by atoms with van der Waals surface area (Å²) in [6.45, 7) is 4.52. The molecular formula is C17H26N2O4. The highest BCUT2D eigenvalue weighted by molar-refractivity contribution is 5.74. The van der Waals surface area contributed by atoms with E-state index < -0.39 is 5.97 Å². The molecule has 1 aromatic carbocycles. The summed E-state index contributed by atoms with van der Waals surface area (Å²) in [5, 5.41) is 14.2. The molecule has 128 valence electrons. The number of carboxylic acids is 1. The molecule has 0 bridgehead atoms. The van der Waals surface area contributed by atoms with Gasteiger partial charge in [0.25, 0.3) is 0 Å². The Hall–Kier alpha value is -2.24. The van der Waals surface area contributed by atoms with Crippen LogP contribution in [-0.2, 0) is 4.79 Å². The number of carboxylic acid groups (broad SMARTS) is 1. The Morgan fingerprint density at radius 3 is 2.57 bits per heavy atom. The quantitative estimate of drug-likeness (QED) is 0.610. The van der Waals surface area contributed by atoms with E-state index in [1.165, 1.54) is 0 Å². The number of benzene rings is 1. The van der Waals surface area contributed by atoms with Crippen molar-refractivity contribution >= 4 is 12.0 Å². The van der Waals surface area contributed by atoms with Crippen molar-refractivity contribution < 1.29 is 19.4 Å². The lowest BCUT2D eigenvalue weighted by Gasteiger charge is -2.23. The molecule has 0 aliphatic carbocycles. The molecule has 0 heterocycles. The molecule has 1 aromatic rings. The van der Waals surface area contributed by atoms with Crippen LogP contribution in [-0.4, -0.2) is 30.8 Å². The highest BCUT2D eigenvalue weighted by Crippen LogP contribution is 2.29. The van der Waals surface area contributed by atoms with Crippen LogP contribution < -0.4 is 15.4 Å². The van der Waals surface area contributed by atoms with Crippen LogP contribution in [0.5, 0.6) is 5.75 Å². The molecule has 0 aliphatic rings. The molecular weight excluding hydrogens is 296 g/mol. The predicted molar refractivity (Wildman–Crippen MR) is 88.6 cm³/mol. The van der Waals surface area contributed by atoms with Crippen LogP contribution in [0.1, 0.15) is 44.7 Å². The van der Waals surface area contributed by atoms with Gasteiger partial charge in [0.05, 0.1) is 13.2 Å². The van der Waals surface area contributed by atoms with Gasteiger partial charge in [-0.05, 0) is 24.8 Å². The smallest absolute Gasteiger partial charge is 0.315 e. The van der Waals surface area contributed by atoms with Crippen LogP contribution in [0.2, 0.25) is 0 Å². The number of carbonyl (C=O) groups excluding carboxylic acids is 1.